The summed E-state index contributed by atoms with van der Waals surface area (Å²) in [5.41, 5.74) is -1.88. The number of benzene rings is 1. The second kappa shape index (κ2) is 8.56. The van der Waals surface area contributed by atoms with Crippen molar-refractivity contribution in [1.82, 2.24) is 14.5 Å². The molecule has 0 radical (unpaired) electrons. The number of imidazole rings is 1. The molecule has 1 saturated heterocycles. The van der Waals surface area contributed by atoms with Crippen molar-refractivity contribution >= 4 is 17.4 Å². The van der Waals surface area contributed by atoms with Crippen molar-refractivity contribution in [2.24, 2.45) is 0 Å². The Kier molecular flexibility index (Phi) is 5.81. The number of rotatable bonds is 5. The summed E-state index contributed by atoms with van der Waals surface area (Å²) in [5.74, 6) is -2.37. The molecule has 0 aliphatic carbocycles. The number of carbonyl (C=O) groups is 1. The molecule has 4 rings (SSSR count). The van der Waals surface area contributed by atoms with Crippen LogP contribution >= 0.6 is 0 Å². The number of amides is 1. The van der Waals surface area contributed by atoms with Crippen LogP contribution in [-0.4, -0.2) is 33.5 Å². The van der Waals surface area contributed by atoms with Crippen molar-refractivity contribution in [2.75, 3.05) is 23.3 Å². The van der Waals surface area contributed by atoms with E-state index in [0.717, 1.165) is 44.1 Å². The molecule has 0 saturated carbocycles. The molecule has 1 amide bonds. The molecule has 1 aliphatic rings. The second-order valence-corrected chi connectivity index (χ2v) is 7.36. The van der Waals surface area contributed by atoms with Gasteiger partial charge in [-0.3, -0.25) is 9.36 Å². The zero-order valence-electron chi connectivity index (χ0n) is 16.7. The van der Waals surface area contributed by atoms with Crippen LogP contribution in [0.15, 0.2) is 43.0 Å². The fraction of sp³-hybridized carbons (Fsp3) is 0.286. The van der Waals surface area contributed by atoms with Crippen molar-refractivity contribution < 1.29 is 26.7 Å². The molecule has 3 aromatic rings. The van der Waals surface area contributed by atoms with E-state index in [1.165, 1.54) is 17.1 Å². The second-order valence-electron chi connectivity index (χ2n) is 7.36. The molecular weight excluding hydrogens is 433 g/mol. The minimum atomic E-state index is -4.87. The van der Waals surface area contributed by atoms with Gasteiger partial charge in [-0.2, -0.15) is 13.2 Å². The molecule has 1 aliphatic heterocycles. The molecule has 2 aromatic heterocycles. The number of pyridine rings is 1. The predicted octanol–water partition coefficient (Wildman–Crippen LogP) is 4.35. The third kappa shape index (κ3) is 4.56. The lowest BCUT2D eigenvalue weighted by Crippen LogP contribution is -2.18. The van der Waals surface area contributed by atoms with Crippen LogP contribution < -0.4 is 10.2 Å². The van der Waals surface area contributed by atoms with Gasteiger partial charge in [0.05, 0.1) is 30.1 Å². The quantitative estimate of drug-likeness (QED) is 0.586. The zero-order chi connectivity index (χ0) is 22.9. The van der Waals surface area contributed by atoms with E-state index in [2.05, 4.69) is 20.2 Å². The molecule has 168 valence electrons. The highest BCUT2D eigenvalue weighted by Gasteiger charge is 2.35. The Labute approximate surface area is 179 Å². The first-order valence-electron chi connectivity index (χ1n) is 9.81. The van der Waals surface area contributed by atoms with Gasteiger partial charge in [0.25, 0.3) is 0 Å². The summed E-state index contributed by atoms with van der Waals surface area (Å²) in [6.07, 6.45) is 0.908. The van der Waals surface area contributed by atoms with Gasteiger partial charge in [0.2, 0.25) is 5.91 Å². The molecule has 1 N–H and O–H groups in total. The van der Waals surface area contributed by atoms with Crippen molar-refractivity contribution in [3.05, 3.63) is 65.7 Å². The van der Waals surface area contributed by atoms with Crippen LogP contribution in [0.3, 0.4) is 0 Å². The summed E-state index contributed by atoms with van der Waals surface area (Å²) >= 11 is 0. The largest absolute Gasteiger partial charge is 0.419 e. The number of hydrogen-bond donors (Lipinski definition) is 1. The summed E-state index contributed by atoms with van der Waals surface area (Å²) in [5, 5.41) is 2.32. The van der Waals surface area contributed by atoms with Gasteiger partial charge < -0.3 is 10.2 Å². The molecule has 0 atom stereocenters. The average molecular weight is 451 g/mol. The number of alkyl halides is 3. The number of nitrogens with one attached hydrogen (secondary N) is 1. The minimum absolute atomic E-state index is 0.0106. The van der Waals surface area contributed by atoms with Crippen LogP contribution in [0.5, 0.6) is 0 Å². The van der Waals surface area contributed by atoms with Crippen molar-refractivity contribution in [3.63, 3.8) is 0 Å². The number of anilines is 2. The van der Waals surface area contributed by atoms with Crippen LogP contribution in [-0.2, 0) is 17.4 Å². The summed E-state index contributed by atoms with van der Waals surface area (Å²) in [7, 11) is 0. The highest BCUT2D eigenvalue weighted by atomic mass is 19.4. The van der Waals surface area contributed by atoms with Gasteiger partial charge in [-0.25, -0.2) is 18.7 Å². The molecule has 0 spiro atoms. The van der Waals surface area contributed by atoms with Crippen LogP contribution in [0.25, 0.3) is 5.82 Å². The van der Waals surface area contributed by atoms with E-state index in [9.17, 15) is 26.7 Å². The smallest absolute Gasteiger partial charge is 0.355 e. The van der Waals surface area contributed by atoms with Crippen molar-refractivity contribution in [1.29, 1.82) is 0 Å². The lowest BCUT2D eigenvalue weighted by molar-refractivity contribution is -0.140. The predicted molar refractivity (Wildman–Crippen MR) is 106 cm³/mol. The molecule has 1 aromatic carbocycles. The Hall–Kier alpha value is -3.50. The zero-order valence-corrected chi connectivity index (χ0v) is 16.7. The summed E-state index contributed by atoms with van der Waals surface area (Å²) in [4.78, 5) is 22.5. The van der Waals surface area contributed by atoms with Gasteiger partial charge in [-0.1, -0.05) is 12.1 Å². The average Bonchev–Trinajstić information content (AvgIpc) is 3.40. The molecule has 6 nitrogen and oxygen atoms in total. The minimum Gasteiger partial charge on any atom is -0.355 e. The topological polar surface area (TPSA) is 63.1 Å². The van der Waals surface area contributed by atoms with Gasteiger partial charge in [0.15, 0.2) is 11.6 Å². The lowest BCUT2D eigenvalue weighted by atomic mass is 10.1. The van der Waals surface area contributed by atoms with Gasteiger partial charge in [0, 0.05) is 19.2 Å². The third-order valence-corrected chi connectivity index (χ3v) is 5.08. The Balaban J connectivity index is 1.46. The summed E-state index contributed by atoms with van der Waals surface area (Å²) < 4.78 is 68.6. The first-order valence-corrected chi connectivity index (χ1v) is 9.81. The fourth-order valence-corrected chi connectivity index (χ4v) is 3.54. The standard InChI is InChI=1S/C21H18F5N5O/c22-16-9-14(10-27-20(16)31-11-17(28-12-31)30-6-1-2-7-30)29-18(32)8-13-4-3-5-15(19(13)23)21(24,25)26/h3-5,9-12H,1-2,6-8H2,(H,29,32). The maximum Gasteiger partial charge on any atom is 0.419 e. The molecule has 0 unspecified atom stereocenters. The van der Waals surface area contributed by atoms with Crippen molar-refractivity contribution in [2.45, 2.75) is 25.4 Å². The first-order chi connectivity index (χ1) is 15.2. The van der Waals surface area contributed by atoms with Gasteiger partial charge in [-0.15, -0.1) is 0 Å². The number of aromatic nitrogens is 3. The van der Waals surface area contributed by atoms with E-state index in [0.29, 0.717) is 11.9 Å². The number of halogens is 5. The molecule has 3 heterocycles. The SMILES string of the molecule is O=C(Cc1cccc(C(F)(F)F)c1F)Nc1cnc(-n2cnc(N3CCCC3)c2)c(F)c1. The third-order valence-electron chi connectivity index (χ3n) is 5.08. The number of carbonyl (C=O) groups excluding carboxylic acids is 1. The highest BCUT2D eigenvalue weighted by Crippen LogP contribution is 2.32. The van der Waals surface area contributed by atoms with Crippen molar-refractivity contribution in [3.8, 4) is 5.82 Å². The van der Waals surface area contributed by atoms with Crippen LogP contribution in [0.4, 0.5) is 33.5 Å². The van der Waals surface area contributed by atoms with Crippen LogP contribution in [0.1, 0.15) is 24.0 Å². The van der Waals surface area contributed by atoms with Gasteiger partial charge in [0.1, 0.15) is 18.0 Å². The molecule has 0 bridgehead atoms. The summed E-state index contributed by atoms with van der Waals surface area (Å²) in [6.45, 7) is 1.76. The maximum absolute atomic E-state index is 14.6. The molecule has 32 heavy (non-hydrogen) atoms. The molecule has 11 heteroatoms. The molecule has 1 fully saturated rings. The van der Waals surface area contributed by atoms with E-state index in [4.69, 9.17) is 0 Å². The van der Waals surface area contributed by atoms with E-state index in [1.54, 1.807) is 6.20 Å². The van der Waals surface area contributed by atoms with Crippen LogP contribution in [0.2, 0.25) is 0 Å². The Morgan fingerprint density at radius 2 is 1.88 bits per heavy atom. The maximum atomic E-state index is 14.6. The highest BCUT2D eigenvalue weighted by molar-refractivity contribution is 5.92. The van der Waals surface area contributed by atoms with E-state index in [-0.39, 0.29) is 11.5 Å². The van der Waals surface area contributed by atoms with Gasteiger partial charge >= 0.3 is 6.18 Å². The van der Waals surface area contributed by atoms with Gasteiger partial charge in [-0.05, 0) is 24.5 Å². The number of nitrogens with zero attached hydrogens (tertiary/aromatic N) is 4. The first kappa shape index (κ1) is 21.7. The monoisotopic (exact) mass is 451 g/mol. The van der Waals surface area contributed by atoms with E-state index < -0.39 is 41.3 Å². The lowest BCUT2D eigenvalue weighted by Gasteiger charge is -2.13. The van der Waals surface area contributed by atoms with Crippen LogP contribution in [0, 0.1) is 11.6 Å². The van der Waals surface area contributed by atoms with E-state index in [1.807, 2.05) is 0 Å². The summed E-state index contributed by atoms with van der Waals surface area (Å²) in [6, 6.07) is 3.73. The van der Waals surface area contributed by atoms with E-state index >= 15 is 0 Å². The Morgan fingerprint density at radius 3 is 2.56 bits per heavy atom. The Morgan fingerprint density at radius 1 is 1.12 bits per heavy atom. The number of hydrogen-bond acceptors (Lipinski definition) is 4. The fourth-order valence-electron chi connectivity index (χ4n) is 3.54. The Bertz CT molecular complexity index is 1140. The normalized spacial score (nSPS) is 14.1. The molecular formula is C21H18F5N5O.